The van der Waals surface area contributed by atoms with Crippen LogP contribution in [0.1, 0.15) is 38.7 Å². The van der Waals surface area contributed by atoms with Gasteiger partial charge in [-0.2, -0.15) is 0 Å². The van der Waals surface area contributed by atoms with E-state index >= 15 is 0 Å². The van der Waals surface area contributed by atoms with E-state index in [0.717, 1.165) is 5.56 Å². The topological polar surface area (TPSA) is 107 Å². The molecule has 0 bridgehead atoms. The van der Waals surface area contributed by atoms with Crippen molar-refractivity contribution >= 4 is 11.7 Å². The van der Waals surface area contributed by atoms with E-state index in [1.807, 2.05) is 49.4 Å². The second-order valence-electron chi connectivity index (χ2n) is 10.6. The largest absolute Gasteiger partial charge is 0.390 e. The van der Waals surface area contributed by atoms with Crippen LogP contribution in [-0.4, -0.2) is 51.4 Å². The minimum Gasteiger partial charge on any atom is -0.390 e. The highest BCUT2D eigenvalue weighted by Crippen LogP contribution is 2.56. The molecule has 9 atom stereocenters. The van der Waals surface area contributed by atoms with Gasteiger partial charge in [-0.1, -0.05) is 69.0 Å². The van der Waals surface area contributed by atoms with Gasteiger partial charge in [-0.25, -0.2) is 0 Å². The SMILES string of the molecule is C=C1[C@@H](C)[C@H]2[C@H](Cc3ccccc3)NC(=O)[C@]23C(=O)/C=C/[C@H](O)[C@H](O)CC[C@@H](C)C/C=C/[C@H]3[C@@H]1O. The van der Waals surface area contributed by atoms with Crippen molar-refractivity contribution in [1.82, 2.24) is 5.32 Å². The normalized spacial score (nSPS) is 42.0. The van der Waals surface area contributed by atoms with Crippen LogP contribution in [0.15, 0.2) is 66.8 Å². The molecule has 1 amide bonds. The summed E-state index contributed by atoms with van der Waals surface area (Å²) in [4.78, 5) is 27.8. The smallest absolute Gasteiger partial charge is 0.235 e. The lowest BCUT2D eigenvalue weighted by Gasteiger charge is -2.49. The Hall–Kier alpha value is -2.54. The number of amides is 1. The molecule has 1 heterocycles. The van der Waals surface area contributed by atoms with Crippen molar-refractivity contribution in [3.8, 4) is 0 Å². The van der Waals surface area contributed by atoms with E-state index in [-0.39, 0.29) is 17.9 Å². The molecule has 1 saturated carbocycles. The summed E-state index contributed by atoms with van der Waals surface area (Å²) in [5.74, 6) is -2.12. The zero-order chi connectivity index (χ0) is 25.3. The van der Waals surface area contributed by atoms with Crippen LogP contribution in [0, 0.1) is 29.1 Å². The zero-order valence-corrected chi connectivity index (χ0v) is 20.5. The molecule has 1 aliphatic heterocycles. The van der Waals surface area contributed by atoms with Gasteiger partial charge in [0, 0.05) is 17.9 Å². The number of aliphatic hydroxyl groups is 3. The van der Waals surface area contributed by atoms with Gasteiger partial charge in [-0.3, -0.25) is 9.59 Å². The van der Waals surface area contributed by atoms with Crippen LogP contribution in [0.2, 0.25) is 0 Å². The Bertz CT molecular complexity index is 1020. The number of hydrogen-bond acceptors (Lipinski definition) is 5. The van der Waals surface area contributed by atoms with Gasteiger partial charge in [0.25, 0.3) is 0 Å². The van der Waals surface area contributed by atoms with E-state index in [4.69, 9.17) is 0 Å². The Balaban J connectivity index is 1.84. The van der Waals surface area contributed by atoms with Gasteiger partial charge in [-0.15, -0.1) is 0 Å². The number of hydrogen-bond donors (Lipinski definition) is 4. The minimum absolute atomic E-state index is 0.228. The average Bonchev–Trinajstić information content (AvgIpc) is 3.13. The maximum absolute atomic E-state index is 14.0. The summed E-state index contributed by atoms with van der Waals surface area (Å²) >= 11 is 0. The highest BCUT2D eigenvalue weighted by molar-refractivity contribution is 6.13. The maximum Gasteiger partial charge on any atom is 0.235 e. The van der Waals surface area contributed by atoms with Gasteiger partial charge in [0.2, 0.25) is 5.91 Å². The molecule has 188 valence electrons. The summed E-state index contributed by atoms with van der Waals surface area (Å²) in [7, 11) is 0. The predicted molar refractivity (Wildman–Crippen MR) is 134 cm³/mol. The van der Waals surface area contributed by atoms with Crippen molar-refractivity contribution < 1.29 is 24.9 Å². The molecule has 4 rings (SSSR count). The van der Waals surface area contributed by atoms with Gasteiger partial charge in [0.15, 0.2) is 5.78 Å². The molecule has 1 aromatic rings. The Labute approximate surface area is 207 Å². The molecule has 1 spiro atoms. The summed E-state index contributed by atoms with van der Waals surface area (Å²) in [6, 6.07) is 9.50. The summed E-state index contributed by atoms with van der Waals surface area (Å²) in [6.07, 6.45) is 5.38. The predicted octanol–water partition coefficient (Wildman–Crippen LogP) is 2.74. The number of nitrogens with one attached hydrogen (secondary N) is 1. The summed E-state index contributed by atoms with van der Waals surface area (Å²) in [5, 5.41) is 35.2. The van der Waals surface area contributed by atoms with Crippen molar-refractivity contribution in [3.05, 3.63) is 72.4 Å². The summed E-state index contributed by atoms with van der Waals surface area (Å²) in [5.41, 5.74) is 0.138. The van der Waals surface area contributed by atoms with Crippen molar-refractivity contribution in [3.63, 3.8) is 0 Å². The van der Waals surface area contributed by atoms with Crippen molar-refractivity contribution in [2.45, 2.75) is 63.9 Å². The van der Waals surface area contributed by atoms with E-state index in [2.05, 4.69) is 18.8 Å². The minimum atomic E-state index is -1.53. The lowest BCUT2D eigenvalue weighted by atomic mass is 9.52. The molecule has 1 aromatic carbocycles. The first-order valence-corrected chi connectivity index (χ1v) is 12.6. The van der Waals surface area contributed by atoms with Gasteiger partial charge in [0.05, 0.1) is 18.3 Å². The number of carbonyl (C=O) groups excluding carboxylic acids is 2. The lowest BCUT2D eigenvalue weighted by Crippen LogP contribution is -2.58. The van der Waals surface area contributed by atoms with Crippen LogP contribution in [0.5, 0.6) is 0 Å². The third-order valence-corrected chi connectivity index (χ3v) is 8.40. The van der Waals surface area contributed by atoms with Crippen molar-refractivity contribution in [1.29, 1.82) is 0 Å². The Morgan fingerprint density at radius 3 is 2.49 bits per heavy atom. The van der Waals surface area contributed by atoms with E-state index in [1.54, 1.807) is 0 Å². The van der Waals surface area contributed by atoms with Gasteiger partial charge < -0.3 is 20.6 Å². The standard InChI is InChI=1S/C29H37NO5/c1-17-8-7-11-21-27(34)19(3)18(2)26-22(16-20-9-5-4-6-10-20)30-28(35)29(21,26)25(33)15-14-24(32)23(31)13-12-17/h4-7,9-11,14-15,17-18,21-24,26-27,31-32,34H,3,8,12-13,16H2,1-2H3,(H,30,35)/b11-7+,15-14+/t17-,18+,21-,22-,23+,24-,26-,27+,29+/m0/s1. The third-order valence-electron chi connectivity index (χ3n) is 8.40. The molecule has 6 heteroatoms. The number of aliphatic hydroxyl groups excluding tert-OH is 3. The second-order valence-corrected chi connectivity index (χ2v) is 10.6. The number of allylic oxidation sites excluding steroid dienone is 2. The molecule has 1 saturated heterocycles. The van der Waals surface area contributed by atoms with E-state index in [1.165, 1.54) is 12.2 Å². The first-order valence-electron chi connectivity index (χ1n) is 12.6. The first-order chi connectivity index (χ1) is 16.7. The molecule has 2 aliphatic carbocycles. The van der Waals surface area contributed by atoms with Crippen LogP contribution in [0.25, 0.3) is 0 Å². The van der Waals surface area contributed by atoms with Crippen molar-refractivity contribution in [2.24, 2.45) is 29.1 Å². The van der Waals surface area contributed by atoms with Crippen LogP contribution < -0.4 is 5.32 Å². The summed E-state index contributed by atoms with van der Waals surface area (Å²) < 4.78 is 0. The third kappa shape index (κ3) is 4.55. The van der Waals surface area contributed by atoms with Crippen LogP contribution >= 0.6 is 0 Å². The van der Waals surface area contributed by atoms with Crippen molar-refractivity contribution in [2.75, 3.05) is 0 Å². The number of benzene rings is 1. The molecule has 6 nitrogen and oxygen atoms in total. The second kappa shape index (κ2) is 10.2. The fourth-order valence-corrected chi connectivity index (χ4v) is 6.34. The highest BCUT2D eigenvalue weighted by atomic mass is 16.3. The molecule has 0 radical (unpaired) electrons. The molecule has 0 unspecified atom stereocenters. The Morgan fingerprint density at radius 2 is 1.77 bits per heavy atom. The first kappa shape index (κ1) is 25.5. The van der Waals surface area contributed by atoms with Gasteiger partial charge >= 0.3 is 0 Å². The van der Waals surface area contributed by atoms with Crippen LogP contribution in [-0.2, 0) is 16.0 Å². The molecule has 35 heavy (non-hydrogen) atoms. The Morgan fingerprint density at radius 1 is 1.06 bits per heavy atom. The quantitative estimate of drug-likeness (QED) is 0.386. The van der Waals surface area contributed by atoms with Gasteiger partial charge in [0.1, 0.15) is 5.41 Å². The molecule has 0 aromatic heterocycles. The number of carbonyl (C=O) groups is 2. The fraction of sp³-hybridized carbons (Fsp3) is 0.517. The van der Waals surface area contributed by atoms with Crippen LogP contribution in [0.4, 0.5) is 0 Å². The molecular formula is C29H37NO5. The Kier molecular flexibility index (Phi) is 7.46. The molecular weight excluding hydrogens is 442 g/mol. The van der Waals surface area contributed by atoms with Gasteiger partial charge in [-0.05, 0) is 54.7 Å². The lowest BCUT2D eigenvalue weighted by molar-refractivity contribution is -0.148. The fourth-order valence-electron chi connectivity index (χ4n) is 6.34. The monoisotopic (exact) mass is 479 g/mol. The molecule has 4 N–H and O–H groups in total. The maximum atomic E-state index is 14.0. The molecule has 2 fully saturated rings. The van der Waals surface area contributed by atoms with Crippen LogP contribution in [0.3, 0.4) is 0 Å². The summed E-state index contributed by atoms with van der Waals surface area (Å²) in [6.45, 7) is 8.15. The van der Waals surface area contributed by atoms with E-state index in [9.17, 15) is 24.9 Å². The zero-order valence-electron chi connectivity index (χ0n) is 20.5. The van der Waals surface area contributed by atoms with E-state index < -0.39 is 47.3 Å². The highest BCUT2D eigenvalue weighted by Gasteiger charge is 2.68. The number of ketones is 1. The molecule has 3 aliphatic rings. The number of rotatable bonds is 2. The average molecular weight is 480 g/mol. The van der Waals surface area contributed by atoms with E-state index in [0.29, 0.717) is 31.3 Å².